The first-order valence-corrected chi connectivity index (χ1v) is 11.1. The molecule has 0 fully saturated rings. The van der Waals surface area contributed by atoms with Crippen LogP contribution in [0.25, 0.3) is 11.4 Å². The fourth-order valence-electron chi connectivity index (χ4n) is 2.70. The maximum atomic E-state index is 12.5. The summed E-state index contributed by atoms with van der Waals surface area (Å²) >= 11 is 6.11. The standard InChI is InChI=1S/C20H21ClN4O4S/c1-25(30(27,28)15-8-3-2-4-9-15)13-7-12-18(26)22-14-19-23-20(24-29-19)16-10-5-6-11-17(16)21/h2-6,8-11H,7,12-14H2,1H3,(H,22,26). The van der Waals surface area contributed by atoms with Gasteiger partial charge in [-0.05, 0) is 30.7 Å². The molecule has 10 heteroatoms. The highest BCUT2D eigenvalue weighted by atomic mass is 35.5. The van der Waals surface area contributed by atoms with Crippen LogP contribution in [0.15, 0.2) is 64.0 Å². The highest BCUT2D eigenvalue weighted by molar-refractivity contribution is 7.89. The van der Waals surface area contributed by atoms with E-state index in [1.807, 2.05) is 6.07 Å². The number of halogens is 1. The molecule has 0 unspecified atom stereocenters. The molecule has 0 bridgehead atoms. The summed E-state index contributed by atoms with van der Waals surface area (Å²) in [6.07, 6.45) is 0.545. The molecule has 2 aromatic carbocycles. The maximum Gasteiger partial charge on any atom is 0.246 e. The third kappa shape index (κ3) is 5.44. The number of benzene rings is 2. The minimum atomic E-state index is -3.56. The molecule has 0 aliphatic rings. The molecule has 8 nitrogen and oxygen atoms in total. The maximum absolute atomic E-state index is 12.5. The summed E-state index contributed by atoms with van der Waals surface area (Å²) in [7, 11) is -2.07. The number of nitrogens with one attached hydrogen (secondary N) is 1. The molecule has 0 saturated carbocycles. The molecular formula is C20H21ClN4O4S. The Morgan fingerprint density at radius 1 is 1.13 bits per heavy atom. The van der Waals surface area contributed by atoms with Crippen molar-refractivity contribution in [2.24, 2.45) is 0 Å². The van der Waals surface area contributed by atoms with Crippen molar-refractivity contribution in [2.45, 2.75) is 24.3 Å². The van der Waals surface area contributed by atoms with Crippen LogP contribution in [0.3, 0.4) is 0 Å². The average Bonchev–Trinajstić information content (AvgIpc) is 3.22. The van der Waals surface area contributed by atoms with Crippen molar-refractivity contribution in [3.8, 4) is 11.4 Å². The smallest absolute Gasteiger partial charge is 0.246 e. The number of amides is 1. The van der Waals surface area contributed by atoms with Gasteiger partial charge in [-0.1, -0.05) is 47.1 Å². The Bertz CT molecular complexity index is 1100. The van der Waals surface area contributed by atoms with Gasteiger partial charge in [-0.25, -0.2) is 12.7 Å². The van der Waals surface area contributed by atoms with E-state index < -0.39 is 10.0 Å². The second kappa shape index (κ2) is 9.84. The zero-order chi connectivity index (χ0) is 21.6. The number of hydrogen-bond donors (Lipinski definition) is 1. The van der Waals surface area contributed by atoms with Crippen LogP contribution in [-0.2, 0) is 21.4 Å². The van der Waals surface area contributed by atoms with E-state index in [0.717, 1.165) is 0 Å². The van der Waals surface area contributed by atoms with Gasteiger partial charge in [-0.2, -0.15) is 4.98 Å². The fraction of sp³-hybridized carbons (Fsp3) is 0.250. The Labute approximate surface area is 179 Å². The fourth-order valence-corrected chi connectivity index (χ4v) is 4.15. The third-order valence-electron chi connectivity index (χ3n) is 4.35. The lowest BCUT2D eigenvalue weighted by Crippen LogP contribution is -2.29. The Kier molecular flexibility index (Phi) is 7.20. The molecule has 1 amide bonds. The van der Waals surface area contributed by atoms with Crippen LogP contribution in [0.4, 0.5) is 0 Å². The van der Waals surface area contributed by atoms with Gasteiger partial charge in [-0.3, -0.25) is 4.79 Å². The topological polar surface area (TPSA) is 105 Å². The second-order valence-electron chi connectivity index (χ2n) is 6.51. The van der Waals surface area contributed by atoms with Gasteiger partial charge in [0.2, 0.25) is 27.6 Å². The molecule has 30 heavy (non-hydrogen) atoms. The van der Waals surface area contributed by atoms with Crippen molar-refractivity contribution in [3.63, 3.8) is 0 Å². The number of rotatable bonds is 9. The van der Waals surface area contributed by atoms with Crippen LogP contribution in [0.2, 0.25) is 5.02 Å². The van der Waals surface area contributed by atoms with Crippen LogP contribution < -0.4 is 5.32 Å². The van der Waals surface area contributed by atoms with Gasteiger partial charge in [0.1, 0.15) is 0 Å². The van der Waals surface area contributed by atoms with Crippen molar-refractivity contribution < 1.29 is 17.7 Å². The lowest BCUT2D eigenvalue weighted by molar-refractivity contribution is -0.121. The van der Waals surface area contributed by atoms with Crippen molar-refractivity contribution in [1.29, 1.82) is 0 Å². The summed E-state index contributed by atoms with van der Waals surface area (Å²) in [5.74, 6) is 0.359. The third-order valence-corrected chi connectivity index (χ3v) is 6.55. The molecule has 0 aliphatic carbocycles. The summed E-state index contributed by atoms with van der Waals surface area (Å²) in [6, 6.07) is 15.3. The van der Waals surface area contributed by atoms with Crippen LogP contribution >= 0.6 is 11.6 Å². The van der Waals surface area contributed by atoms with Gasteiger partial charge in [-0.15, -0.1) is 0 Å². The Morgan fingerprint density at radius 3 is 2.57 bits per heavy atom. The molecule has 3 aromatic rings. The minimum Gasteiger partial charge on any atom is -0.347 e. The lowest BCUT2D eigenvalue weighted by Gasteiger charge is -2.16. The monoisotopic (exact) mass is 448 g/mol. The SMILES string of the molecule is CN(CCCC(=O)NCc1nc(-c2ccccc2Cl)no1)S(=O)(=O)c1ccccc1. The predicted molar refractivity (Wildman–Crippen MR) is 112 cm³/mol. The molecule has 3 rings (SSSR count). The highest BCUT2D eigenvalue weighted by Crippen LogP contribution is 2.24. The first kappa shape index (κ1) is 21.9. The van der Waals surface area contributed by atoms with Crippen molar-refractivity contribution in [1.82, 2.24) is 19.8 Å². The quantitative estimate of drug-likeness (QED) is 0.539. The van der Waals surface area contributed by atoms with E-state index in [1.165, 1.54) is 11.4 Å². The number of carbonyl (C=O) groups is 1. The summed E-state index contributed by atoms with van der Waals surface area (Å²) < 4.78 is 31.3. The van der Waals surface area contributed by atoms with Crippen LogP contribution in [0, 0.1) is 0 Å². The Balaban J connectivity index is 1.45. The Hall–Kier alpha value is -2.75. The second-order valence-corrected chi connectivity index (χ2v) is 8.96. The van der Waals surface area contributed by atoms with Crippen molar-refractivity contribution in [2.75, 3.05) is 13.6 Å². The number of sulfonamides is 1. The molecule has 0 radical (unpaired) electrons. The first-order chi connectivity index (χ1) is 14.4. The summed E-state index contributed by atoms with van der Waals surface area (Å²) in [6.45, 7) is 0.302. The lowest BCUT2D eigenvalue weighted by atomic mass is 10.2. The molecule has 1 heterocycles. The zero-order valence-corrected chi connectivity index (χ0v) is 17.9. The van der Waals surface area contributed by atoms with Crippen molar-refractivity contribution >= 4 is 27.5 Å². The summed E-state index contributed by atoms with van der Waals surface area (Å²) in [5.41, 5.74) is 0.642. The van der Waals surface area contributed by atoms with E-state index in [0.29, 0.717) is 22.8 Å². The molecule has 1 aromatic heterocycles. The molecule has 1 N–H and O–H groups in total. The Morgan fingerprint density at radius 2 is 1.83 bits per heavy atom. The van der Waals surface area contributed by atoms with E-state index in [1.54, 1.807) is 48.5 Å². The van der Waals surface area contributed by atoms with Gasteiger partial charge >= 0.3 is 0 Å². The van der Waals surface area contributed by atoms with Gasteiger partial charge < -0.3 is 9.84 Å². The summed E-state index contributed by atoms with van der Waals surface area (Å²) in [4.78, 5) is 16.5. The molecular weight excluding hydrogens is 428 g/mol. The van der Waals surface area contributed by atoms with Gasteiger partial charge in [0.25, 0.3) is 0 Å². The van der Waals surface area contributed by atoms with Gasteiger partial charge in [0.05, 0.1) is 16.5 Å². The predicted octanol–water partition coefficient (Wildman–Crippen LogP) is 3.11. The van der Waals surface area contributed by atoms with E-state index in [-0.39, 0.29) is 36.2 Å². The van der Waals surface area contributed by atoms with E-state index in [9.17, 15) is 13.2 Å². The molecule has 0 saturated heterocycles. The van der Waals surface area contributed by atoms with Crippen LogP contribution in [0.1, 0.15) is 18.7 Å². The van der Waals surface area contributed by atoms with E-state index >= 15 is 0 Å². The number of aromatic nitrogens is 2. The van der Waals surface area contributed by atoms with E-state index in [4.69, 9.17) is 16.1 Å². The molecule has 0 spiro atoms. The van der Waals surface area contributed by atoms with Crippen LogP contribution in [-0.4, -0.2) is 42.4 Å². The average molecular weight is 449 g/mol. The normalized spacial score (nSPS) is 11.6. The highest BCUT2D eigenvalue weighted by Gasteiger charge is 2.20. The van der Waals surface area contributed by atoms with Crippen molar-refractivity contribution in [3.05, 3.63) is 65.5 Å². The van der Waals surface area contributed by atoms with Gasteiger partial charge in [0, 0.05) is 25.6 Å². The number of carbonyl (C=O) groups excluding carboxylic acids is 1. The molecule has 0 aliphatic heterocycles. The number of nitrogens with zero attached hydrogens (tertiary/aromatic N) is 3. The largest absolute Gasteiger partial charge is 0.347 e. The van der Waals surface area contributed by atoms with Gasteiger partial charge in [0.15, 0.2) is 0 Å². The number of hydrogen-bond acceptors (Lipinski definition) is 6. The first-order valence-electron chi connectivity index (χ1n) is 9.23. The zero-order valence-electron chi connectivity index (χ0n) is 16.3. The van der Waals surface area contributed by atoms with Crippen LogP contribution in [0.5, 0.6) is 0 Å². The minimum absolute atomic E-state index is 0.0778. The molecule has 158 valence electrons. The summed E-state index contributed by atoms with van der Waals surface area (Å²) in [5, 5.41) is 7.06. The molecule has 0 atom stereocenters. The van der Waals surface area contributed by atoms with E-state index in [2.05, 4.69) is 15.5 Å².